The minimum atomic E-state index is -0.581. The Morgan fingerprint density at radius 2 is 2.22 bits per heavy atom. The van der Waals surface area contributed by atoms with Crippen molar-refractivity contribution in [1.82, 2.24) is 5.32 Å². The van der Waals surface area contributed by atoms with Gasteiger partial charge in [0.05, 0.1) is 14.2 Å². The normalized spacial score (nSPS) is 26.9. The molecule has 1 fully saturated rings. The molecule has 2 rings (SSSR count). The van der Waals surface area contributed by atoms with Crippen LogP contribution in [0.1, 0.15) is 24.8 Å². The Morgan fingerprint density at radius 3 is 2.89 bits per heavy atom. The highest BCUT2D eigenvalue weighted by Crippen LogP contribution is 2.33. The number of methoxy groups -OCH3 is 2. The maximum absolute atomic E-state index is 11.7. The summed E-state index contributed by atoms with van der Waals surface area (Å²) in [7, 11) is 3.08. The van der Waals surface area contributed by atoms with Gasteiger partial charge in [0, 0.05) is 6.54 Å². The van der Waals surface area contributed by atoms with Crippen LogP contribution in [-0.4, -0.2) is 32.3 Å². The van der Waals surface area contributed by atoms with Gasteiger partial charge in [-0.1, -0.05) is 12.1 Å². The first-order valence-corrected chi connectivity index (χ1v) is 6.06. The van der Waals surface area contributed by atoms with Crippen molar-refractivity contribution in [3.63, 3.8) is 0 Å². The number of carbonyl (C=O) groups excluding carboxylic acids is 1. The molecular weight excluding hydrogens is 230 g/mol. The molecule has 0 saturated carbocycles. The first kappa shape index (κ1) is 12.9. The minimum absolute atomic E-state index is 0.201. The molecule has 1 N–H and O–H groups in total. The van der Waals surface area contributed by atoms with Crippen molar-refractivity contribution in [1.29, 1.82) is 0 Å². The van der Waals surface area contributed by atoms with Crippen molar-refractivity contribution in [2.24, 2.45) is 0 Å². The maximum Gasteiger partial charge on any atom is 0.325 e. The highest BCUT2D eigenvalue weighted by molar-refractivity contribution is 5.80. The average molecular weight is 249 g/mol. The molecule has 98 valence electrons. The molecule has 2 atom stereocenters. The van der Waals surface area contributed by atoms with Crippen molar-refractivity contribution in [3.8, 4) is 5.75 Å². The van der Waals surface area contributed by atoms with Crippen LogP contribution in [0.3, 0.4) is 0 Å². The second-order valence-corrected chi connectivity index (χ2v) is 4.88. The molecule has 1 aliphatic rings. The lowest BCUT2D eigenvalue weighted by Gasteiger charge is -2.21. The molecule has 18 heavy (non-hydrogen) atoms. The van der Waals surface area contributed by atoms with Gasteiger partial charge in [0.15, 0.2) is 0 Å². The van der Waals surface area contributed by atoms with Crippen LogP contribution in [-0.2, 0) is 9.53 Å². The largest absolute Gasteiger partial charge is 0.497 e. The van der Waals surface area contributed by atoms with E-state index in [4.69, 9.17) is 9.47 Å². The smallest absolute Gasteiger partial charge is 0.325 e. The third-order valence-corrected chi connectivity index (χ3v) is 3.59. The molecule has 0 bridgehead atoms. The van der Waals surface area contributed by atoms with Crippen LogP contribution in [0.5, 0.6) is 5.75 Å². The van der Waals surface area contributed by atoms with Crippen molar-refractivity contribution in [2.75, 3.05) is 20.8 Å². The fourth-order valence-corrected chi connectivity index (χ4v) is 2.50. The fraction of sp³-hybridized carbons (Fsp3) is 0.500. The van der Waals surface area contributed by atoms with E-state index >= 15 is 0 Å². The van der Waals surface area contributed by atoms with E-state index in [0.29, 0.717) is 5.92 Å². The standard InChI is InChI=1S/C14H19NO3/c1-14(13(16)18-3)8-11(9-15-14)10-5-4-6-12(7-10)17-2/h4-7,11,15H,8-9H2,1-3H3. The Morgan fingerprint density at radius 1 is 1.44 bits per heavy atom. The second-order valence-electron chi connectivity index (χ2n) is 4.88. The highest BCUT2D eigenvalue weighted by Gasteiger charge is 2.42. The topological polar surface area (TPSA) is 47.6 Å². The first-order valence-electron chi connectivity index (χ1n) is 6.06. The summed E-state index contributed by atoms with van der Waals surface area (Å²) in [6.07, 6.45) is 0.743. The Hall–Kier alpha value is -1.55. The molecule has 1 aromatic carbocycles. The van der Waals surface area contributed by atoms with Gasteiger partial charge in [-0.2, -0.15) is 0 Å². The summed E-state index contributed by atoms with van der Waals surface area (Å²) >= 11 is 0. The minimum Gasteiger partial charge on any atom is -0.497 e. The van der Waals surface area contributed by atoms with E-state index in [1.807, 2.05) is 25.1 Å². The van der Waals surface area contributed by atoms with Gasteiger partial charge in [-0.3, -0.25) is 4.79 Å². The second kappa shape index (κ2) is 4.98. The van der Waals surface area contributed by atoms with E-state index in [-0.39, 0.29) is 5.97 Å². The molecule has 4 heteroatoms. The molecule has 1 aromatic rings. The molecule has 0 spiro atoms. The van der Waals surface area contributed by atoms with Crippen molar-refractivity contribution in [3.05, 3.63) is 29.8 Å². The Bertz CT molecular complexity index is 446. The highest BCUT2D eigenvalue weighted by atomic mass is 16.5. The third kappa shape index (κ3) is 2.34. The van der Waals surface area contributed by atoms with Crippen LogP contribution in [0.2, 0.25) is 0 Å². The van der Waals surface area contributed by atoms with Gasteiger partial charge < -0.3 is 14.8 Å². The predicted octanol–water partition coefficient (Wildman–Crippen LogP) is 1.70. The molecule has 0 radical (unpaired) electrons. The summed E-state index contributed by atoms with van der Waals surface area (Å²) in [4.78, 5) is 11.7. The molecule has 1 aliphatic heterocycles. The summed E-state index contributed by atoms with van der Waals surface area (Å²) in [5.74, 6) is 0.955. The average Bonchev–Trinajstić information content (AvgIpc) is 2.82. The van der Waals surface area contributed by atoms with Crippen molar-refractivity contribution < 1.29 is 14.3 Å². The fourth-order valence-electron chi connectivity index (χ4n) is 2.50. The van der Waals surface area contributed by atoms with Crippen LogP contribution < -0.4 is 10.1 Å². The zero-order valence-electron chi connectivity index (χ0n) is 11.0. The van der Waals surface area contributed by atoms with Crippen LogP contribution in [0, 0.1) is 0 Å². The van der Waals surface area contributed by atoms with E-state index in [1.165, 1.54) is 12.7 Å². The molecule has 0 aromatic heterocycles. The first-order chi connectivity index (χ1) is 8.59. The Kier molecular flexibility index (Phi) is 3.57. The quantitative estimate of drug-likeness (QED) is 0.828. The summed E-state index contributed by atoms with van der Waals surface area (Å²) < 4.78 is 10.1. The number of hydrogen-bond donors (Lipinski definition) is 1. The lowest BCUT2D eigenvalue weighted by Crippen LogP contribution is -2.45. The molecule has 2 unspecified atom stereocenters. The number of rotatable bonds is 3. The summed E-state index contributed by atoms with van der Waals surface area (Å²) in [5.41, 5.74) is 0.608. The molecule has 1 heterocycles. The van der Waals surface area contributed by atoms with Gasteiger partial charge in [0.25, 0.3) is 0 Å². The summed E-state index contributed by atoms with van der Waals surface area (Å²) in [6, 6.07) is 7.99. The zero-order chi connectivity index (χ0) is 13.2. The van der Waals surface area contributed by atoms with Crippen molar-refractivity contribution >= 4 is 5.97 Å². The van der Waals surface area contributed by atoms with Gasteiger partial charge in [0.1, 0.15) is 11.3 Å². The number of carbonyl (C=O) groups is 1. The van der Waals surface area contributed by atoms with Crippen LogP contribution in [0.4, 0.5) is 0 Å². The lowest BCUT2D eigenvalue weighted by atomic mass is 9.90. The maximum atomic E-state index is 11.7. The Labute approximate surface area is 107 Å². The molecule has 0 amide bonds. The van der Waals surface area contributed by atoms with Gasteiger partial charge in [-0.05, 0) is 37.0 Å². The van der Waals surface area contributed by atoms with E-state index in [2.05, 4.69) is 11.4 Å². The number of benzene rings is 1. The molecule has 0 aliphatic carbocycles. The summed E-state index contributed by atoms with van der Waals surface area (Å²) in [6.45, 7) is 2.66. The number of esters is 1. The molecule has 1 saturated heterocycles. The van der Waals surface area contributed by atoms with Crippen molar-refractivity contribution in [2.45, 2.75) is 24.8 Å². The van der Waals surface area contributed by atoms with Gasteiger partial charge in [-0.15, -0.1) is 0 Å². The summed E-state index contributed by atoms with van der Waals surface area (Å²) in [5, 5.41) is 3.25. The van der Waals surface area contributed by atoms with Gasteiger partial charge >= 0.3 is 5.97 Å². The van der Waals surface area contributed by atoms with Crippen LogP contribution >= 0.6 is 0 Å². The van der Waals surface area contributed by atoms with E-state index in [0.717, 1.165) is 18.7 Å². The number of ether oxygens (including phenoxy) is 2. The monoisotopic (exact) mass is 249 g/mol. The number of hydrogen-bond acceptors (Lipinski definition) is 4. The van der Waals surface area contributed by atoms with Crippen LogP contribution in [0.15, 0.2) is 24.3 Å². The van der Waals surface area contributed by atoms with Gasteiger partial charge in [-0.25, -0.2) is 0 Å². The third-order valence-electron chi connectivity index (χ3n) is 3.59. The SMILES string of the molecule is COC(=O)C1(C)CC(c2cccc(OC)c2)CN1. The van der Waals surface area contributed by atoms with E-state index in [1.54, 1.807) is 7.11 Å². The van der Waals surface area contributed by atoms with Gasteiger partial charge in [0.2, 0.25) is 0 Å². The molecular formula is C14H19NO3. The molecule has 4 nitrogen and oxygen atoms in total. The predicted molar refractivity (Wildman–Crippen MR) is 68.8 cm³/mol. The van der Waals surface area contributed by atoms with E-state index in [9.17, 15) is 4.79 Å². The zero-order valence-corrected chi connectivity index (χ0v) is 11.0. The number of nitrogens with one attached hydrogen (secondary N) is 1. The lowest BCUT2D eigenvalue weighted by molar-refractivity contribution is -0.147. The van der Waals surface area contributed by atoms with E-state index < -0.39 is 5.54 Å². The Balaban J connectivity index is 2.15. The van der Waals surface area contributed by atoms with Crippen LogP contribution in [0.25, 0.3) is 0 Å².